The first-order chi connectivity index (χ1) is 16.7. The van der Waals surface area contributed by atoms with Gasteiger partial charge in [0.05, 0.1) is 0 Å². The molecule has 0 radical (unpaired) electrons. The summed E-state index contributed by atoms with van der Waals surface area (Å²) in [6, 6.07) is 20.4. The zero-order valence-electron chi connectivity index (χ0n) is 19.3. The number of benzene rings is 2. The molecule has 4 aromatic rings. The largest absolute Gasteiger partial charge is 0.289 e. The maximum Gasteiger partial charge on any atom is 0.194 e. The first-order valence-corrected chi connectivity index (χ1v) is 11.8. The fourth-order valence-corrected chi connectivity index (χ4v) is 4.25. The number of pyridine rings is 2. The molecule has 2 heterocycles. The van der Waals surface area contributed by atoms with Crippen LogP contribution in [0.4, 0.5) is 0 Å². The van der Waals surface area contributed by atoms with Gasteiger partial charge in [-0.25, -0.2) is 4.57 Å². The summed E-state index contributed by atoms with van der Waals surface area (Å²) in [7, 11) is 0. The molecule has 0 aliphatic heterocycles. The first kappa shape index (κ1) is 21.7. The SMILES string of the molecule is CCCC[n+]1ccc(/C=C/c2ccc3c(c2)C(=O)c2cc(/C=C/c4ccncc4)ccc2-3)cc1. The van der Waals surface area contributed by atoms with Gasteiger partial charge in [0.2, 0.25) is 0 Å². The molecule has 34 heavy (non-hydrogen) atoms. The molecule has 166 valence electrons. The average Bonchev–Trinajstić information content (AvgIpc) is 3.17. The van der Waals surface area contributed by atoms with Crippen LogP contribution in [0.15, 0.2) is 85.5 Å². The molecule has 1 aliphatic carbocycles. The van der Waals surface area contributed by atoms with E-state index in [9.17, 15) is 4.79 Å². The molecule has 0 atom stereocenters. The molecule has 0 N–H and O–H groups in total. The van der Waals surface area contributed by atoms with E-state index in [2.05, 4.69) is 77.4 Å². The fraction of sp³-hybridized carbons (Fsp3) is 0.129. The smallest absolute Gasteiger partial charge is 0.194 e. The highest BCUT2D eigenvalue weighted by Crippen LogP contribution is 2.38. The normalized spacial score (nSPS) is 12.4. The van der Waals surface area contributed by atoms with Crippen LogP contribution >= 0.6 is 0 Å². The lowest BCUT2D eigenvalue weighted by molar-refractivity contribution is -0.697. The molecule has 5 rings (SSSR count). The van der Waals surface area contributed by atoms with Gasteiger partial charge in [0.25, 0.3) is 0 Å². The van der Waals surface area contributed by atoms with Crippen LogP contribution in [0.3, 0.4) is 0 Å². The van der Waals surface area contributed by atoms with E-state index in [4.69, 9.17) is 0 Å². The van der Waals surface area contributed by atoms with Crippen molar-refractivity contribution in [2.45, 2.75) is 26.3 Å². The van der Waals surface area contributed by atoms with Gasteiger partial charge in [-0.1, -0.05) is 61.9 Å². The number of aromatic nitrogens is 2. The zero-order valence-corrected chi connectivity index (χ0v) is 19.3. The van der Waals surface area contributed by atoms with Crippen molar-refractivity contribution in [1.82, 2.24) is 4.98 Å². The minimum Gasteiger partial charge on any atom is -0.289 e. The number of carbonyl (C=O) groups excluding carboxylic acids is 1. The lowest BCUT2D eigenvalue weighted by Crippen LogP contribution is -2.32. The highest BCUT2D eigenvalue weighted by atomic mass is 16.1. The van der Waals surface area contributed by atoms with E-state index < -0.39 is 0 Å². The van der Waals surface area contributed by atoms with Crippen LogP contribution in [0, 0.1) is 0 Å². The Labute approximate surface area is 200 Å². The Balaban J connectivity index is 1.34. The monoisotopic (exact) mass is 443 g/mol. The van der Waals surface area contributed by atoms with Crippen molar-refractivity contribution < 1.29 is 9.36 Å². The summed E-state index contributed by atoms with van der Waals surface area (Å²) in [5, 5.41) is 0. The summed E-state index contributed by atoms with van der Waals surface area (Å²) in [5.74, 6) is 0.0936. The Kier molecular flexibility index (Phi) is 6.26. The third kappa shape index (κ3) is 4.65. The predicted molar refractivity (Wildman–Crippen MR) is 139 cm³/mol. The van der Waals surface area contributed by atoms with Gasteiger partial charge in [-0.2, -0.15) is 0 Å². The van der Waals surface area contributed by atoms with Gasteiger partial charge < -0.3 is 0 Å². The lowest BCUT2D eigenvalue weighted by Gasteiger charge is -2.02. The van der Waals surface area contributed by atoms with Gasteiger partial charge in [-0.05, 0) is 57.6 Å². The molecular formula is C31H27N2O+. The summed E-state index contributed by atoms with van der Waals surface area (Å²) in [4.78, 5) is 17.3. The van der Waals surface area contributed by atoms with E-state index in [1.165, 1.54) is 12.8 Å². The van der Waals surface area contributed by atoms with E-state index in [0.717, 1.165) is 51.1 Å². The predicted octanol–water partition coefficient (Wildman–Crippen LogP) is 6.72. The number of ketones is 1. The van der Waals surface area contributed by atoms with E-state index in [1.54, 1.807) is 12.4 Å². The molecule has 0 spiro atoms. The van der Waals surface area contributed by atoms with E-state index in [0.29, 0.717) is 0 Å². The fourth-order valence-electron chi connectivity index (χ4n) is 4.25. The standard InChI is InChI=1S/C31H27N2O/c1-2-3-18-33-19-14-24(15-20-33)5-7-26-9-11-28-27-10-8-25(6-4-23-12-16-32-17-13-23)21-29(27)31(34)30(28)22-26/h4-17,19-22H,2-3,18H2,1H3/q+1/b6-4+,7-5+. The van der Waals surface area contributed by atoms with Crippen LogP contribution in [-0.2, 0) is 6.54 Å². The quantitative estimate of drug-likeness (QED) is 0.262. The van der Waals surface area contributed by atoms with Crippen molar-refractivity contribution >= 4 is 30.1 Å². The molecule has 0 saturated carbocycles. The van der Waals surface area contributed by atoms with Crippen LogP contribution in [0.2, 0.25) is 0 Å². The third-order valence-corrected chi connectivity index (χ3v) is 6.20. The summed E-state index contributed by atoms with van der Waals surface area (Å²) in [5.41, 5.74) is 7.84. The molecule has 2 aromatic heterocycles. The number of hydrogen-bond donors (Lipinski definition) is 0. The highest BCUT2D eigenvalue weighted by molar-refractivity contribution is 6.22. The minimum atomic E-state index is 0.0936. The molecule has 0 fully saturated rings. The summed E-state index contributed by atoms with van der Waals surface area (Å²) in [6.45, 7) is 3.26. The number of rotatable bonds is 7. The van der Waals surface area contributed by atoms with Crippen molar-refractivity contribution in [2.75, 3.05) is 0 Å². The van der Waals surface area contributed by atoms with Gasteiger partial charge in [-0.3, -0.25) is 9.78 Å². The van der Waals surface area contributed by atoms with Crippen molar-refractivity contribution in [3.8, 4) is 11.1 Å². The lowest BCUT2D eigenvalue weighted by atomic mass is 10.0. The molecule has 1 aliphatic rings. The van der Waals surface area contributed by atoms with Gasteiger partial charge in [0.1, 0.15) is 6.54 Å². The highest BCUT2D eigenvalue weighted by Gasteiger charge is 2.26. The molecular weight excluding hydrogens is 416 g/mol. The first-order valence-electron chi connectivity index (χ1n) is 11.8. The second-order valence-corrected chi connectivity index (χ2v) is 8.61. The average molecular weight is 444 g/mol. The minimum absolute atomic E-state index is 0.0936. The Morgan fingerprint density at radius 1 is 0.676 bits per heavy atom. The van der Waals surface area contributed by atoms with Crippen LogP contribution in [0.5, 0.6) is 0 Å². The van der Waals surface area contributed by atoms with Gasteiger partial charge in [-0.15, -0.1) is 0 Å². The van der Waals surface area contributed by atoms with Crippen LogP contribution in [0.1, 0.15) is 57.9 Å². The Morgan fingerprint density at radius 3 is 1.76 bits per heavy atom. The summed E-state index contributed by atoms with van der Waals surface area (Å²) in [6.07, 6.45) is 18.4. The van der Waals surface area contributed by atoms with Crippen molar-refractivity contribution in [3.05, 3.63) is 119 Å². The number of unbranched alkanes of at least 4 members (excludes halogenated alkanes) is 1. The Hall–Kier alpha value is -4.11. The molecule has 0 bridgehead atoms. The number of aryl methyl sites for hydroxylation is 1. The van der Waals surface area contributed by atoms with E-state index in [1.807, 2.05) is 36.4 Å². The number of fused-ring (bicyclic) bond motifs is 3. The van der Waals surface area contributed by atoms with Crippen molar-refractivity contribution in [1.29, 1.82) is 0 Å². The van der Waals surface area contributed by atoms with Gasteiger partial charge in [0, 0.05) is 42.1 Å². The second kappa shape index (κ2) is 9.80. The topological polar surface area (TPSA) is 33.8 Å². The molecule has 0 amide bonds. The molecule has 0 saturated heterocycles. The summed E-state index contributed by atoms with van der Waals surface area (Å²) >= 11 is 0. The van der Waals surface area contributed by atoms with Crippen molar-refractivity contribution in [2.24, 2.45) is 0 Å². The number of hydrogen-bond acceptors (Lipinski definition) is 2. The summed E-state index contributed by atoms with van der Waals surface area (Å²) < 4.78 is 2.21. The van der Waals surface area contributed by atoms with Crippen LogP contribution in [0.25, 0.3) is 35.4 Å². The number of nitrogens with zero attached hydrogens (tertiary/aromatic N) is 2. The second-order valence-electron chi connectivity index (χ2n) is 8.61. The maximum absolute atomic E-state index is 13.2. The van der Waals surface area contributed by atoms with Crippen molar-refractivity contribution in [3.63, 3.8) is 0 Å². The molecule has 2 aromatic carbocycles. The third-order valence-electron chi connectivity index (χ3n) is 6.20. The van der Waals surface area contributed by atoms with E-state index in [-0.39, 0.29) is 5.78 Å². The maximum atomic E-state index is 13.2. The Morgan fingerprint density at radius 2 is 1.21 bits per heavy atom. The van der Waals surface area contributed by atoms with E-state index >= 15 is 0 Å². The zero-order chi connectivity index (χ0) is 23.3. The number of carbonyl (C=O) groups is 1. The molecule has 0 unspecified atom stereocenters. The van der Waals surface area contributed by atoms with Gasteiger partial charge >= 0.3 is 0 Å². The van der Waals surface area contributed by atoms with Crippen LogP contribution < -0.4 is 4.57 Å². The van der Waals surface area contributed by atoms with Gasteiger partial charge in [0.15, 0.2) is 18.2 Å². The molecule has 3 nitrogen and oxygen atoms in total. The molecule has 3 heteroatoms. The Bertz CT molecular complexity index is 1380. The van der Waals surface area contributed by atoms with Crippen LogP contribution in [-0.4, -0.2) is 10.8 Å².